The predicted octanol–water partition coefficient (Wildman–Crippen LogP) is 9.27. The monoisotopic (exact) mass is 424 g/mol. The van der Waals surface area contributed by atoms with Gasteiger partial charge < -0.3 is 4.42 Å². The summed E-state index contributed by atoms with van der Waals surface area (Å²) in [7, 11) is 0. The van der Waals surface area contributed by atoms with Crippen molar-refractivity contribution in [3.8, 4) is 33.6 Å². The van der Waals surface area contributed by atoms with Crippen molar-refractivity contribution in [1.82, 2.24) is 0 Å². The quantitative estimate of drug-likeness (QED) is 0.256. The molecule has 0 amide bonds. The predicted molar refractivity (Wildman–Crippen MR) is 136 cm³/mol. The lowest BCUT2D eigenvalue weighted by atomic mass is 9.98. The maximum atomic E-state index is 6.39. The fourth-order valence-corrected chi connectivity index (χ4v) is 6.46. The molecule has 0 bridgehead atoms. The van der Waals surface area contributed by atoms with E-state index in [2.05, 4.69) is 97.1 Å². The first-order valence-corrected chi connectivity index (χ1v) is 11.7. The molecule has 0 N–H and O–H groups in total. The summed E-state index contributed by atoms with van der Waals surface area (Å²) in [6.45, 7) is 0. The maximum Gasteiger partial charge on any atom is 0.143 e. The minimum absolute atomic E-state index is 0.951. The molecule has 7 aromatic rings. The summed E-state index contributed by atoms with van der Waals surface area (Å²) in [5.74, 6) is 1.00. The fourth-order valence-electron chi connectivity index (χ4n) is 5.38. The van der Waals surface area contributed by atoms with E-state index >= 15 is 0 Å². The van der Waals surface area contributed by atoms with Gasteiger partial charge >= 0.3 is 0 Å². The van der Waals surface area contributed by atoms with Crippen LogP contribution in [0.25, 0.3) is 75.5 Å². The van der Waals surface area contributed by atoms with Crippen LogP contribution in [-0.4, -0.2) is 0 Å². The van der Waals surface area contributed by atoms with Crippen LogP contribution in [0, 0.1) is 0 Å². The smallest absolute Gasteiger partial charge is 0.143 e. The Morgan fingerprint density at radius 1 is 0.562 bits per heavy atom. The second kappa shape index (κ2) is 5.87. The van der Waals surface area contributed by atoms with Gasteiger partial charge in [-0.05, 0) is 52.4 Å². The number of fused-ring (bicyclic) bond motifs is 8. The highest BCUT2D eigenvalue weighted by atomic mass is 32.1. The molecule has 0 aliphatic heterocycles. The molecule has 0 unspecified atom stereocenters. The molecule has 5 aromatic carbocycles. The van der Waals surface area contributed by atoms with Gasteiger partial charge in [0.05, 0.1) is 0 Å². The minimum atomic E-state index is 0.951. The van der Waals surface area contributed by atoms with Crippen molar-refractivity contribution in [3.05, 3.63) is 97.1 Å². The summed E-state index contributed by atoms with van der Waals surface area (Å²) in [6, 6.07) is 35.2. The van der Waals surface area contributed by atoms with Crippen molar-refractivity contribution in [2.75, 3.05) is 0 Å². The highest BCUT2D eigenvalue weighted by Gasteiger charge is 2.27. The van der Waals surface area contributed by atoms with Crippen LogP contribution < -0.4 is 0 Å². The zero-order valence-electron chi connectivity index (χ0n) is 17.1. The molecule has 0 radical (unpaired) electrons. The Labute approximate surface area is 188 Å². The molecule has 2 heterocycles. The van der Waals surface area contributed by atoms with Gasteiger partial charge in [-0.15, -0.1) is 11.3 Å². The lowest BCUT2D eigenvalue weighted by Crippen LogP contribution is -1.80. The van der Waals surface area contributed by atoms with E-state index in [-0.39, 0.29) is 0 Å². The molecule has 1 nitrogen and oxygen atoms in total. The van der Waals surface area contributed by atoms with E-state index in [0.717, 1.165) is 11.3 Å². The van der Waals surface area contributed by atoms with Gasteiger partial charge in [0.15, 0.2) is 0 Å². The minimum Gasteiger partial charge on any atom is -0.455 e. The molecule has 1 aliphatic rings. The van der Waals surface area contributed by atoms with E-state index in [9.17, 15) is 0 Å². The third kappa shape index (κ3) is 2.08. The fraction of sp³-hybridized carbons (Fsp3) is 0. The SMILES string of the molecule is c1cc2c3c(cccc3c1)-c1c-2oc2ccc(-c3ccc4sc5ccccc5c4c3)cc12. The second-order valence-electron chi connectivity index (χ2n) is 8.54. The van der Waals surface area contributed by atoms with Crippen LogP contribution in [0.4, 0.5) is 0 Å². The first-order chi connectivity index (χ1) is 15.8. The van der Waals surface area contributed by atoms with E-state index in [0.29, 0.717) is 0 Å². The van der Waals surface area contributed by atoms with Gasteiger partial charge in [0.1, 0.15) is 11.3 Å². The lowest BCUT2D eigenvalue weighted by Gasteiger charge is -2.05. The average Bonchev–Trinajstić information content (AvgIpc) is 3.49. The Morgan fingerprint density at radius 3 is 2.22 bits per heavy atom. The third-order valence-electron chi connectivity index (χ3n) is 6.82. The molecule has 32 heavy (non-hydrogen) atoms. The molecule has 0 atom stereocenters. The average molecular weight is 425 g/mol. The highest BCUT2D eigenvalue weighted by Crippen LogP contribution is 2.52. The molecule has 8 rings (SSSR count). The molecular weight excluding hydrogens is 408 g/mol. The number of benzene rings is 5. The van der Waals surface area contributed by atoms with Gasteiger partial charge in [-0.1, -0.05) is 66.7 Å². The summed E-state index contributed by atoms with van der Waals surface area (Å²) >= 11 is 1.86. The van der Waals surface area contributed by atoms with Crippen molar-refractivity contribution in [2.24, 2.45) is 0 Å². The standard InChI is InChI=1S/C30H16OS/c1-2-10-26-20(7-1)23-15-19(12-14-27(23)32-26)18-11-13-25-24(16-18)29-21-8-3-5-17-6-4-9-22(28(17)21)30(29)31-25/h1-16H. The van der Waals surface area contributed by atoms with Crippen LogP contribution >= 0.6 is 11.3 Å². The number of rotatable bonds is 1. The maximum absolute atomic E-state index is 6.39. The van der Waals surface area contributed by atoms with E-state index in [1.54, 1.807) is 0 Å². The van der Waals surface area contributed by atoms with Crippen LogP contribution in [0.1, 0.15) is 0 Å². The summed E-state index contributed by atoms with van der Waals surface area (Å²) in [4.78, 5) is 0. The van der Waals surface area contributed by atoms with Crippen LogP contribution in [0.2, 0.25) is 0 Å². The highest BCUT2D eigenvalue weighted by molar-refractivity contribution is 7.25. The first kappa shape index (κ1) is 16.8. The van der Waals surface area contributed by atoms with E-state index in [1.807, 2.05) is 11.3 Å². The zero-order valence-corrected chi connectivity index (χ0v) is 17.9. The number of hydrogen-bond acceptors (Lipinski definition) is 2. The van der Waals surface area contributed by atoms with Crippen molar-refractivity contribution < 1.29 is 4.42 Å². The molecular formula is C30H16OS. The van der Waals surface area contributed by atoms with Gasteiger partial charge in [0.25, 0.3) is 0 Å². The number of furan rings is 1. The third-order valence-corrected chi connectivity index (χ3v) is 7.97. The van der Waals surface area contributed by atoms with Crippen molar-refractivity contribution in [2.45, 2.75) is 0 Å². The largest absolute Gasteiger partial charge is 0.455 e. The molecule has 0 spiro atoms. The van der Waals surface area contributed by atoms with Crippen LogP contribution in [0.3, 0.4) is 0 Å². The van der Waals surface area contributed by atoms with Crippen molar-refractivity contribution in [1.29, 1.82) is 0 Å². The second-order valence-corrected chi connectivity index (χ2v) is 9.62. The van der Waals surface area contributed by atoms with Gasteiger partial charge in [0.2, 0.25) is 0 Å². The Balaban J connectivity index is 1.38. The molecule has 0 saturated carbocycles. The van der Waals surface area contributed by atoms with Crippen LogP contribution in [0.15, 0.2) is 101 Å². The molecule has 1 aliphatic carbocycles. The van der Waals surface area contributed by atoms with Crippen molar-refractivity contribution in [3.63, 3.8) is 0 Å². The summed E-state index contributed by atoms with van der Waals surface area (Å²) in [5, 5.41) is 6.43. The Bertz CT molecular complexity index is 1880. The van der Waals surface area contributed by atoms with Crippen molar-refractivity contribution >= 4 is 53.3 Å². The number of thiophene rings is 1. The molecule has 0 saturated heterocycles. The summed E-state index contributed by atoms with van der Waals surface area (Å²) < 4.78 is 9.07. The van der Waals surface area contributed by atoms with Gasteiger partial charge in [0, 0.05) is 42.1 Å². The summed E-state index contributed by atoms with van der Waals surface area (Å²) in [5.41, 5.74) is 7.14. The molecule has 148 valence electrons. The molecule has 0 fully saturated rings. The summed E-state index contributed by atoms with van der Waals surface area (Å²) in [6.07, 6.45) is 0. The lowest BCUT2D eigenvalue weighted by molar-refractivity contribution is 0.634. The van der Waals surface area contributed by atoms with E-state index < -0.39 is 0 Å². The van der Waals surface area contributed by atoms with Gasteiger partial charge in [-0.25, -0.2) is 0 Å². The molecule has 2 aromatic heterocycles. The first-order valence-electron chi connectivity index (χ1n) is 10.9. The zero-order chi connectivity index (χ0) is 20.8. The Hall–Kier alpha value is -3.88. The van der Waals surface area contributed by atoms with E-state index in [4.69, 9.17) is 4.42 Å². The van der Waals surface area contributed by atoms with E-state index in [1.165, 1.54) is 64.1 Å². The topological polar surface area (TPSA) is 13.1 Å². The van der Waals surface area contributed by atoms with Crippen LogP contribution in [-0.2, 0) is 0 Å². The van der Waals surface area contributed by atoms with Gasteiger partial charge in [-0.3, -0.25) is 0 Å². The normalized spacial score (nSPS) is 12.4. The van der Waals surface area contributed by atoms with Crippen LogP contribution in [0.5, 0.6) is 0 Å². The Morgan fingerprint density at radius 2 is 1.31 bits per heavy atom. The number of hydrogen-bond donors (Lipinski definition) is 0. The molecule has 2 heteroatoms. The Kier molecular flexibility index (Phi) is 3.08. The van der Waals surface area contributed by atoms with Gasteiger partial charge in [-0.2, -0.15) is 0 Å².